The first-order valence-electron chi connectivity index (χ1n) is 11.9. The summed E-state index contributed by atoms with van der Waals surface area (Å²) < 4.78 is 7.11. The summed E-state index contributed by atoms with van der Waals surface area (Å²) in [5.74, 6) is -0.124. The number of rotatable bonds is 7. The zero-order valence-corrected chi connectivity index (χ0v) is 20.3. The van der Waals surface area contributed by atoms with Crippen molar-refractivity contribution in [1.29, 1.82) is 0 Å². The molecule has 2 N–H and O–H groups in total. The van der Waals surface area contributed by atoms with E-state index >= 15 is 0 Å². The van der Waals surface area contributed by atoms with E-state index in [9.17, 15) is 14.4 Å². The first-order chi connectivity index (χ1) is 16.2. The molecular formula is C25H33N5O4. The molecule has 2 aromatic rings. The van der Waals surface area contributed by atoms with Crippen LogP contribution in [0.5, 0.6) is 5.75 Å². The van der Waals surface area contributed by atoms with Crippen molar-refractivity contribution in [1.82, 2.24) is 25.3 Å². The molecule has 4 rings (SSSR count). The highest BCUT2D eigenvalue weighted by atomic mass is 16.5. The van der Waals surface area contributed by atoms with E-state index in [0.717, 1.165) is 37.0 Å². The van der Waals surface area contributed by atoms with Gasteiger partial charge < -0.3 is 20.3 Å². The average Bonchev–Trinajstić information content (AvgIpc) is 3.46. The molecule has 0 spiro atoms. The van der Waals surface area contributed by atoms with E-state index in [1.165, 1.54) is 15.6 Å². The number of ether oxygens (including phenoxy) is 1. The Bertz CT molecular complexity index is 1070. The highest BCUT2D eigenvalue weighted by Gasteiger charge is 2.46. The molecule has 3 amide bonds. The number of nitrogens with one attached hydrogen (secondary N) is 2. The van der Waals surface area contributed by atoms with Crippen molar-refractivity contribution in [3.8, 4) is 5.75 Å². The van der Waals surface area contributed by atoms with Gasteiger partial charge in [0.2, 0.25) is 5.91 Å². The second-order valence-corrected chi connectivity index (χ2v) is 9.66. The molecule has 1 atom stereocenters. The smallest absolute Gasteiger partial charge is 0.272 e. The minimum atomic E-state index is -1.08. The summed E-state index contributed by atoms with van der Waals surface area (Å²) in [6, 6.07) is 9.15. The lowest BCUT2D eigenvalue weighted by molar-refractivity contribution is -0.133. The number of amides is 3. The van der Waals surface area contributed by atoms with Crippen LogP contribution in [0.2, 0.25) is 0 Å². The number of fused-ring (bicyclic) bond motifs is 1. The van der Waals surface area contributed by atoms with E-state index in [0.29, 0.717) is 12.2 Å². The number of nitrogens with zero attached hydrogens (tertiary/aromatic N) is 3. The lowest BCUT2D eigenvalue weighted by Gasteiger charge is -2.41. The van der Waals surface area contributed by atoms with Gasteiger partial charge in [-0.2, -0.15) is 5.10 Å². The van der Waals surface area contributed by atoms with Gasteiger partial charge in [0.25, 0.3) is 11.8 Å². The summed E-state index contributed by atoms with van der Waals surface area (Å²) in [5, 5.41) is 10.3. The molecule has 1 aromatic carbocycles. The van der Waals surface area contributed by atoms with Crippen LogP contribution in [0.25, 0.3) is 0 Å². The van der Waals surface area contributed by atoms with Crippen LogP contribution in [0.3, 0.4) is 0 Å². The van der Waals surface area contributed by atoms with Crippen LogP contribution in [0.1, 0.15) is 73.0 Å². The lowest BCUT2D eigenvalue weighted by atomic mass is 9.95. The number of hydrogen-bond donors (Lipinski definition) is 2. The highest BCUT2D eigenvalue weighted by molar-refractivity contribution is 6.01. The van der Waals surface area contributed by atoms with Gasteiger partial charge >= 0.3 is 0 Å². The molecule has 9 nitrogen and oxygen atoms in total. The topological polar surface area (TPSA) is 106 Å². The second-order valence-electron chi connectivity index (χ2n) is 9.66. The fourth-order valence-corrected chi connectivity index (χ4v) is 4.48. The van der Waals surface area contributed by atoms with E-state index in [4.69, 9.17) is 4.74 Å². The largest absolute Gasteiger partial charge is 0.491 e. The van der Waals surface area contributed by atoms with Gasteiger partial charge in [-0.15, -0.1) is 0 Å². The molecule has 1 aliphatic heterocycles. The average molecular weight is 468 g/mol. The summed E-state index contributed by atoms with van der Waals surface area (Å²) >= 11 is 0. The normalized spacial score (nSPS) is 20.4. The molecule has 34 heavy (non-hydrogen) atoms. The summed E-state index contributed by atoms with van der Waals surface area (Å²) in [5.41, 5.74) is 0.290. The predicted molar refractivity (Wildman–Crippen MR) is 127 cm³/mol. The van der Waals surface area contributed by atoms with Crippen molar-refractivity contribution in [3.05, 3.63) is 47.3 Å². The maximum absolute atomic E-state index is 13.1. The van der Waals surface area contributed by atoms with Crippen molar-refractivity contribution in [2.24, 2.45) is 0 Å². The maximum atomic E-state index is 13.1. The summed E-state index contributed by atoms with van der Waals surface area (Å²) in [6.07, 6.45) is 4.23. The summed E-state index contributed by atoms with van der Waals surface area (Å²) in [7, 11) is 1.62. The number of likely N-dealkylation sites (N-methyl/N-ethyl adjacent to an activating group) is 1. The van der Waals surface area contributed by atoms with Crippen molar-refractivity contribution in [2.75, 3.05) is 7.05 Å². The van der Waals surface area contributed by atoms with Crippen molar-refractivity contribution in [2.45, 2.75) is 77.2 Å². The van der Waals surface area contributed by atoms with Gasteiger partial charge in [-0.05, 0) is 51.3 Å². The van der Waals surface area contributed by atoms with Gasteiger partial charge in [0, 0.05) is 25.7 Å². The molecule has 9 heteroatoms. The first kappa shape index (κ1) is 23.8. The molecule has 1 fully saturated rings. The first-order valence-corrected chi connectivity index (χ1v) is 11.9. The third-order valence-corrected chi connectivity index (χ3v) is 6.66. The van der Waals surface area contributed by atoms with Gasteiger partial charge in [0.1, 0.15) is 17.0 Å². The standard InChI is InChI=1S/C25H33N5O4/c1-16(2)34-19-11-9-17(10-12-19)14-26-22(31)20-13-21-23(32)29(4)25(3,15-30(21)28-20)24(33)27-18-7-5-6-8-18/h9-13,16,18H,5-8,14-15H2,1-4H3,(H,26,31)(H,27,33)/t25-/m1/s1. The van der Waals surface area contributed by atoms with E-state index in [-0.39, 0.29) is 42.1 Å². The molecule has 0 radical (unpaired) electrons. The van der Waals surface area contributed by atoms with Crippen LogP contribution in [0.15, 0.2) is 30.3 Å². The third-order valence-electron chi connectivity index (χ3n) is 6.66. The molecule has 2 heterocycles. The quantitative estimate of drug-likeness (QED) is 0.651. The van der Waals surface area contributed by atoms with Crippen LogP contribution in [-0.4, -0.2) is 57.1 Å². The van der Waals surface area contributed by atoms with Crippen molar-refractivity contribution < 1.29 is 19.1 Å². The Labute approximate surface area is 199 Å². The van der Waals surface area contributed by atoms with Gasteiger partial charge in [-0.25, -0.2) is 0 Å². The lowest BCUT2D eigenvalue weighted by Crippen LogP contribution is -2.63. The van der Waals surface area contributed by atoms with Gasteiger partial charge in [0.15, 0.2) is 5.69 Å². The van der Waals surface area contributed by atoms with Crippen LogP contribution in [0.4, 0.5) is 0 Å². The van der Waals surface area contributed by atoms with Crippen LogP contribution in [0, 0.1) is 0 Å². The minimum absolute atomic E-state index is 0.0925. The second kappa shape index (κ2) is 9.48. The number of carbonyl (C=O) groups excluding carboxylic acids is 3. The molecule has 0 saturated heterocycles. The predicted octanol–water partition coefficient (Wildman–Crippen LogP) is 2.50. The Kier molecular flexibility index (Phi) is 6.63. The molecule has 0 bridgehead atoms. The number of hydrogen-bond acceptors (Lipinski definition) is 5. The van der Waals surface area contributed by atoms with E-state index in [2.05, 4.69) is 15.7 Å². The maximum Gasteiger partial charge on any atom is 0.272 e. The molecule has 2 aliphatic rings. The minimum Gasteiger partial charge on any atom is -0.491 e. The SMILES string of the molecule is CC(C)Oc1ccc(CNC(=O)c2cc3n(n2)C[C@](C)(C(=O)NC2CCCC2)N(C)C3=O)cc1. The van der Waals surface area contributed by atoms with Crippen molar-refractivity contribution >= 4 is 17.7 Å². The Morgan fingerprint density at radius 1 is 1.21 bits per heavy atom. The molecule has 1 saturated carbocycles. The Morgan fingerprint density at radius 3 is 2.53 bits per heavy atom. The molecule has 1 aromatic heterocycles. The number of aromatic nitrogens is 2. The molecule has 182 valence electrons. The van der Waals surface area contributed by atoms with E-state index in [1.54, 1.807) is 14.0 Å². The molecular weight excluding hydrogens is 434 g/mol. The van der Waals surface area contributed by atoms with Gasteiger partial charge in [0.05, 0.1) is 12.6 Å². The fraction of sp³-hybridized carbons (Fsp3) is 0.520. The zero-order valence-electron chi connectivity index (χ0n) is 20.3. The zero-order chi connectivity index (χ0) is 24.5. The van der Waals surface area contributed by atoms with Gasteiger partial charge in [-0.3, -0.25) is 19.1 Å². The van der Waals surface area contributed by atoms with Crippen LogP contribution >= 0.6 is 0 Å². The number of carbonyl (C=O) groups is 3. The highest BCUT2D eigenvalue weighted by Crippen LogP contribution is 2.27. The van der Waals surface area contributed by atoms with E-state index in [1.807, 2.05) is 38.1 Å². The van der Waals surface area contributed by atoms with Crippen LogP contribution < -0.4 is 15.4 Å². The van der Waals surface area contributed by atoms with Gasteiger partial charge in [-0.1, -0.05) is 25.0 Å². The Hall–Kier alpha value is -3.36. The molecule has 0 unspecified atom stereocenters. The van der Waals surface area contributed by atoms with E-state index < -0.39 is 5.54 Å². The Balaban J connectivity index is 1.43. The number of benzene rings is 1. The summed E-state index contributed by atoms with van der Waals surface area (Å²) in [4.78, 5) is 40.3. The third kappa shape index (κ3) is 4.78. The van der Waals surface area contributed by atoms with Crippen molar-refractivity contribution in [3.63, 3.8) is 0 Å². The monoisotopic (exact) mass is 467 g/mol. The summed E-state index contributed by atoms with van der Waals surface area (Å²) in [6.45, 7) is 6.18. The fourth-order valence-electron chi connectivity index (χ4n) is 4.48. The Morgan fingerprint density at radius 2 is 1.88 bits per heavy atom. The van der Waals surface area contributed by atoms with Crippen LogP contribution in [-0.2, 0) is 17.9 Å². The molecule has 1 aliphatic carbocycles.